The molecular weight excluding hydrogens is 482 g/mol. The van der Waals surface area contributed by atoms with Crippen molar-refractivity contribution in [1.82, 2.24) is 9.97 Å². The molecule has 3 aromatic rings. The van der Waals surface area contributed by atoms with Crippen LogP contribution in [0.5, 0.6) is 0 Å². The Morgan fingerprint density at radius 2 is 2.00 bits per heavy atom. The first kappa shape index (κ1) is 24.7. The molecule has 10 heteroatoms. The molecule has 2 N–H and O–H groups in total. The van der Waals surface area contributed by atoms with E-state index in [0.717, 1.165) is 30.5 Å². The lowest BCUT2D eigenvalue weighted by Crippen LogP contribution is -2.23. The second kappa shape index (κ2) is 10.5. The van der Waals surface area contributed by atoms with E-state index in [2.05, 4.69) is 28.0 Å². The van der Waals surface area contributed by atoms with Crippen LogP contribution in [0, 0.1) is 17.2 Å². The molecule has 2 heterocycles. The Morgan fingerprint density at radius 3 is 2.69 bits per heavy atom. The maximum absolute atomic E-state index is 12.8. The number of amides is 1. The van der Waals surface area contributed by atoms with E-state index in [1.165, 1.54) is 42.2 Å². The zero-order valence-corrected chi connectivity index (χ0v) is 21.0. The third-order valence-corrected chi connectivity index (χ3v) is 8.19. The van der Waals surface area contributed by atoms with Gasteiger partial charge in [0.2, 0.25) is 5.91 Å². The normalized spacial score (nSPS) is 16.0. The Morgan fingerprint density at radius 1 is 1.23 bits per heavy atom. The Hall–Kier alpha value is -3.42. The number of aryl methyl sites for hydroxylation is 1. The number of anilines is 2. The van der Waals surface area contributed by atoms with Gasteiger partial charge in [0.25, 0.3) is 10.0 Å². The number of fused-ring (bicyclic) bond motifs is 1. The number of hydrogen-bond acceptors (Lipinski definition) is 7. The fourth-order valence-corrected chi connectivity index (χ4v) is 5.70. The summed E-state index contributed by atoms with van der Waals surface area (Å²) < 4.78 is 27.5. The Bertz CT molecular complexity index is 1370. The Labute approximate surface area is 209 Å². The summed E-state index contributed by atoms with van der Waals surface area (Å²) in [7, 11) is -3.80. The zero-order valence-electron chi connectivity index (χ0n) is 19.4. The SMILES string of the molecule is CC1CCc2nc(SC(C)C(=O)Nc3ccc(S(=O)(=O)Nc4ccccn4)cc3)c(C#N)cc2C1. The van der Waals surface area contributed by atoms with Gasteiger partial charge in [-0.2, -0.15) is 5.26 Å². The van der Waals surface area contributed by atoms with Crippen molar-refractivity contribution in [3.05, 3.63) is 71.5 Å². The summed E-state index contributed by atoms with van der Waals surface area (Å²) in [6.45, 7) is 3.95. The smallest absolute Gasteiger partial charge is 0.263 e. The molecule has 1 aliphatic rings. The van der Waals surface area contributed by atoms with E-state index in [4.69, 9.17) is 4.98 Å². The fraction of sp³-hybridized carbons (Fsp3) is 0.280. The zero-order chi connectivity index (χ0) is 25.0. The first-order valence-electron chi connectivity index (χ1n) is 11.2. The molecule has 35 heavy (non-hydrogen) atoms. The lowest BCUT2D eigenvalue weighted by atomic mass is 9.87. The van der Waals surface area contributed by atoms with Gasteiger partial charge in [0.1, 0.15) is 16.9 Å². The third-order valence-electron chi connectivity index (χ3n) is 5.71. The number of nitrogens with one attached hydrogen (secondary N) is 2. The number of carbonyl (C=O) groups excluding carboxylic acids is 1. The highest BCUT2D eigenvalue weighted by Crippen LogP contribution is 2.31. The number of pyridine rings is 2. The van der Waals surface area contributed by atoms with Crippen LogP contribution in [0.2, 0.25) is 0 Å². The van der Waals surface area contributed by atoms with Crippen LogP contribution in [0.15, 0.2) is 64.6 Å². The van der Waals surface area contributed by atoms with Gasteiger partial charge in [-0.1, -0.05) is 24.8 Å². The van der Waals surface area contributed by atoms with Crippen molar-refractivity contribution < 1.29 is 13.2 Å². The highest BCUT2D eigenvalue weighted by molar-refractivity contribution is 8.00. The Kier molecular flexibility index (Phi) is 7.38. The first-order valence-corrected chi connectivity index (χ1v) is 13.6. The lowest BCUT2D eigenvalue weighted by Gasteiger charge is -2.22. The van der Waals surface area contributed by atoms with Crippen molar-refractivity contribution in [2.75, 3.05) is 10.0 Å². The van der Waals surface area contributed by atoms with E-state index in [1.807, 2.05) is 6.07 Å². The van der Waals surface area contributed by atoms with E-state index in [1.54, 1.807) is 25.1 Å². The van der Waals surface area contributed by atoms with Gasteiger partial charge in [-0.05, 0) is 80.1 Å². The number of nitrogens with zero attached hydrogens (tertiary/aromatic N) is 3. The predicted molar refractivity (Wildman–Crippen MR) is 136 cm³/mol. The largest absolute Gasteiger partial charge is 0.325 e. The molecule has 0 spiro atoms. The van der Waals surface area contributed by atoms with Crippen LogP contribution in [0.4, 0.5) is 11.5 Å². The molecule has 0 saturated carbocycles. The maximum Gasteiger partial charge on any atom is 0.263 e. The molecule has 1 aromatic carbocycles. The average molecular weight is 508 g/mol. The molecule has 2 aromatic heterocycles. The molecule has 1 aliphatic carbocycles. The van der Waals surface area contributed by atoms with E-state index < -0.39 is 15.3 Å². The summed E-state index contributed by atoms with van der Waals surface area (Å²) in [5, 5.41) is 12.4. The second-order valence-electron chi connectivity index (χ2n) is 8.50. The van der Waals surface area contributed by atoms with E-state index in [9.17, 15) is 18.5 Å². The molecule has 2 unspecified atom stereocenters. The molecule has 0 radical (unpaired) electrons. The summed E-state index contributed by atoms with van der Waals surface area (Å²) in [6, 6.07) is 14.9. The van der Waals surface area contributed by atoms with Gasteiger partial charge in [-0.25, -0.2) is 18.4 Å². The minimum absolute atomic E-state index is 0.0508. The molecule has 0 bridgehead atoms. The summed E-state index contributed by atoms with van der Waals surface area (Å²) in [5.41, 5.74) is 3.08. The van der Waals surface area contributed by atoms with Crippen LogP contribution < -0.4 is 10.0 Å². The van der Waals surface area contributed by atoms with Crippen molar-refractivity contribution >= 4 is 39.2 Å². The quantitative estimate of drug-likeness (QED) is 0.454. The molecule has 0 saturated heterocycles. The monoisotopic (exact) mass is 507 g/mol. The summed E-state index contributed by atoms with van der Waals surface area (Å²) in [4.78, 5) is 21.5. The van der Waals surface area contributed by atoms with Gasteiger partial charge in [-0.3, -0.25) is 9.52 Å². The highest BCUT2D eigenvalue weighted by Gasteiger charge is 2.23. The average Bonchev–Trinajstić information content (AvgIpc) is 2.84. The molecule has 0 fully saturated rings. The van der Waals surface area contributed by atoms with Crippen molar-refractivity contribution in [3.63, 3.8) is 0 Å². The molecule has 4 rings (SSSR count). The summed E-state index contributed by atoms with van der Waals surface area (Å²) >= 11 is 1.25. The van der Waals surface area contributed by atoms with Gasteiger partial charge in [-0.15, -0.1) is 0 Å². The number of nitriles is 1. The minimum Gasteiger partial charge on any atom is -0.325 e. The first-order chi connectivity index (χ1) is 16.7. The maximum atomic E-state index is 12.8. The van der Waals surface area contributed by atoms with Crippen molar-refractivity contribution in [2.45, 2.75) is 48.3 Å². The van der Waals surface area contributed by atoms with Crippen molar-refractivity contribution in [1.29, 1.82) is 5.26 Å². The van der Waals surface area contributed by atoms with Crippen LogP contribution in [0.25, 0.3) is 0 Å². The lowest BCUT2D eigenvalue weighted by molar-refractivity contribution is -0.115. The second-order valence-corrected chi connectivity index (χ2v) is 11.5. The number of carbonyl (C=O) groups is 1. The van der Waals surface area contributed by atoms with Gasteiger partial charge in [0.15, 0.2) is 0 Å². The minimum atomic E-state index is -3.80. The molecule has 8 nitrogen and oxygen atoms in total. The van der Waals surface area contributed by atoms with Gasteiger partial charge in [0.05, 0.1) is 15.7 Å². The number of hydrogen-bond donors (Lipinski definition) is 2. The fourth-order valence-electron chi connectivity index (χ4n) is 3.80. The van der Waals surface area contributed by atoms with E-state index >= 15 is 0 Å². The van der Waals surface area contributed by atoms with Crippen LogP contribution in [-0.4, -0.2) is 29.5 Å². The number of thioether (sulfide) groups is 1. The molecule has 1 amide bonds. The van der Waals surface area contributed by atoms with E-state index in [0.29, 0.717) is 22.2 Å². The topological polar surface area (TPSA) is 125 Å². The molecule has 180 valence electrons. The van der Waals surface area contributed by atoms with Crippen LogP contribution >= 0.6 is 11.8 Å². The summed E-state index contributed by atoms with van der Waals surface area (Å²) in [6.07, 6.45) is 4.35. The molecule has 0 aliphatic heterocycles. The van der Waals surface area contributed by atoms with E-state index in [-0.39, 0.29) is 16.6 Å². The number of rotatable bonds is 7. The van der Waals surface area contributed by atoms with Crippen molar-refractivity contribution in [2.24, 2.45) is 5.92 Å². The standard InChI is InChI=1S/C25H25N5O3S2/c1-16-6-11-22-18(13-16)14-19(15-26)25(29-22)34-17(2)24(31)28-20-7-9-21(10-8-20)35(32,33)30-23-5-3-4-12-27-23/h3-5,7-10,12,14,16-17H,6,11,13H2,1-2H3,(H,27,30)(H,28,31). The molecule has 2 atom stereocenters. The summed E-state index contributed by atoms with van der Waals surface area (Å²) in [5.74, 6) is 0.526. The van der Waals surface area contributed by atoms with Gasteiger partial charge in [0, 0.05) is 17.6 Å². The number of sulfonamides is 1. The number of aromatic nitrogens is 2. The van der Waals surface area contributed by atoms with Crippen molar-refractivity contribution in [3.8, 4) is 6.07 Å². The van der Waals surface area contributed by atoms with Crippen LogP contribution in [0.1, 0.15) is 37.1 Å². The third kappa shape index (κ3) is 5.99. The van der Waals surface area contributed by atoms with Crippen LogP contribution in [-0.2, 0) is 27.7 Å². The van der Waals surface area contributed by atoms with Gasteiger partial charge >= 0.3 is 0 Å². The predicted octanol–water partition coefficient (Wildman–Crippen LogP) is 4.39. The van der Waals surface area contributed by atoms with Gasteiger partial charge < -0.3 is 5.32 Å². The Balaban J connectivity index is 1.41. The number of benzene rings is 1. The van der Waals surface area contributed by atoms with Crippen LogP contribution in [0.3, 0.4) is 0 Å². The highest BCUT2D eigenvalue weighted by atomic mass is 32.2. The molecular formula is C25H25N5O3S2.